The van der Waals surface area contributed by atoms with Crippen LogP contribution in [0.15, 0.2) is 59.2 Å². The molecule has 1 aliphatic heterocycles. The van der Waals surface area contributed by atoms with Gasteiger partial charge in [0.25, 0.3) is 0 Å². The highest BCUT2D eigenvalue weighted by molar-refractivity contribution is 6.74. The predicted molar refractivity (Wildman–Crippen MR) is 187 cm³/mol. The van der Waals surface area contributed by atoms with Gasteiger partial charge in [0.1, 0.15) is 30.2 Å². The van der Waals surface area contributed by atoms with Crippen LogP contribution in [0.3, 0.4) is 0 Å². The Hall–Kier alpha value is -2.28. The van der Waals surface area contributed by atoms with E-state index in [9.17, 15) is 0 Å². The van der Waals surface area contributed by atoms with E-state index in [0.29, 0.717) is 12.3 Å². The van der Waals surface area contributed by atoms with Gasteiger partial charge >= 0.3 is 0 Å². The Morgan fingerprint density at radius 3 is 2.00 bits per heavy atom. The summed E-state index contributed by atoms with van der Waals surface area (Å²) in [5, 5.41) is 4.34. The van der Waals surface area contributed by atoms with Gasteiger partial charge in [-0.15, -0.1) is 0 Å². The first kappa shape index (κ1) is 34.1. The van der Waals surface area contributed by atoms with E-state index in [1.807, 2.05) is 44.2 Å². The van der Waals surface area contributed by atoms with Gasteiger partial charge in [-0.05, 0) is 68.7 Å². The van der Waals surface area contributed by atoms with Crippen molar-refractivity contribution in [1.82, 2.24) is 0 Å². The molecule has 1 heterocycles. The van der Waals surface area contributed by atoms with Gasteiger partial charge in [-0.3, -0.25) is 0 Å². The topological polar surface area (TPSA) is 84.5 Å². The van der Waals surface area contributed by atoms with E-state index in [1.165, 1.54) is 0 Å². The van der Waals surface area contributed by atoms with Crippen LogP contribution >= 0.6 is 0 Å². The summed E-state index contributed by atoms with van der Waals surface area (Å²) < 4.78 is 35.4. The van der Waals surface area contributed by atoms with Crippen molar-refractivity contribution < 1.29 is 23.1 Å². The molecule has 2 aromatic carbocycles. The zero-order valence-corrected chi connectivity index (χ0v) is 31.6. The molecular formula is C36H54N2O5Si2. The van der Waals surface area contributed by atoms with E-state index in [2.05, 4.69) is 98.0 Å². The molecule has 1 fully saturated rings. The van der Waals surface area contributed by atoms with Gasteiger partial charge in [0.05, 0.1) is 11.8 Å². The summed E-state index contributed by atoms with van der Waals surface area (Å²) in [6.45, 7) is 29.3. The lowest BCUT2D eigenvalue weighted by molar-refractivity contribution is -0.184. The third-order valence-electron chi connectivity index (χ3n) is 10.7. The van der Waals surface area contributed by atoms with Gasteiger partial charge in [0.15, 0.2) is 22.4 Å². The monoisotopic (exact) mass is 650 g/mol. The van der Waals surface area contributed by atoms with Crippen LogP contribution in [-0.2, 0) is 24.9 Å². The molecule has 2 aliphatic carbocycles. The summed E-state index contributed by atoms with van der Waals surface area (Å²) in [6.07, 6.45) is -1.40. The lowest BCUT2D eigenvalue weighted by Gasteiger charge is -2.52. The summed E-state index contributed by atoms with van der Waals surface area (Å²) >= 11 is 0. The summed E-state index contributed by atoms with van der Waals surface area (Å²) in [4.78, 5) is 0. The minimum Gasteiger partial charge on any atom is -0.488 e. The second-order valence-electron chi connectivity index (χ2n) is 16.5. The Bertz CT molecular complexity index is 1500. The molecule has 1 saturated heterocycles. The molecule has 9 heteroatoms. The number of nitrogens with two attached hydrogens (primary N) is 1. The van der Waals surface area contributed by atoms with E-state index in [-0.39, 0.29) is 10.1 Å². The lowest BCUT2D eigenvalue weighted by Crippen LogP contribution is -2.65. The number of hydrogen-bond acceptors (Lipinski definition) is 7. The standard InChI is InChI=1S/C36H54N2O5Si2/c1-33(2,3)44(10,11)41-30-27-26-24(20-17-21-25(26)39-22-23-18-15-14-16-19-23)29(38-37)28(27)31-36(9,43-35(7,8)40-31)32(30)42-45(12,13)34(4,5)6/h14-21,30-32H,22,37H2,1-13H3/t30-,31+,32+,36+/m0/s1. The molecule has 2 N–H and O–H groups in total. The van der Waals surface area contributed by atoms with Gasteiger partial charge in [-0.2, -0.15) is 5.10 Å². The number of rotatable bonds is 7. The SMILES string of the molecule is CC1(C)O[C@@H]2C3=C(c4c(OCc5ccccc5)cccc4C3=NN)[C@H](O[Si](C)(C)C(C)(C)C)[C@@H](O[Si](C)(C)C(C)(C)C)[C@]2(C)O1. The molecule has 4 atom stereocenters. The Morgan fingerprint density at radius 1 is 0.822 bits per heavy atom. The van der Waals surface area contributed by atoms with Crippen molar-refractivity contribution in [1.29, 1.82) is 0 Å². The summed E-state index contributed by atoms with van der Waals surface area (Å²) in [7, 11) is -4.73. The molecular weight excluding hydrogens is 597 g/mol. The minimum atomic E-state index is -2.38. The van der Waals surface area contributed by atoms with Crippen LogP contribution in [0, 0.1) is 0 Å². The highest BCUT2D eigenvalue weighted by Gasteiger charge is 2.66. The summed E-state index contributed by atoms with van der Waals surface area (Å²) in [6, 6.07) is 16.3. The number of ether oxygens (including phenoxy) is 3. The van der Waals surface area contributed by atoms with Crippen LogP contribution in [0.4, 0.5) is 0 Å². The molecule has 0 amide bonds. The average Bonchev–Trinajstić information content (AvgIpc) is 3.39. The molecule has 2 aromatic rings. The molecule has 0 aromatic heterocycles. The maximum atomic E-state index is 7.53. The Kier molecular flexibility index (Phi) is 8.45. The van der Waals surface area contributed by atoms with Crippen LogP contribution in [-0.4, -0.2) is 52.0 Å². The van der Waals surface area contributed by atoms with E-state index in [1.54, 1.807) is 0 Å². The fourth-order valence-corrected chi connectivity index (χ4v) is 8.85. The van der Waals surface area contributed by atoms with Crippen LogP contribution in [0.2, 0.25) is 36.3 Å². The summed E-state index contributed by atoms with van der Waals surface area (Å²) in [5.74, 6) is 6.16. The zero-order chi connectivity index (χ0) is 33.4. The fraction of sp³-hybridized carbons (Fsp3) is 0.583. The molecule has 5 rings (SSSR count). The number of hydrogen-bond donors (Lipinski definition) is 1. The first-order valence-electron chi connectivity index (χ1n) is 16.2. The highest BCUT2D eigenvalue weighted by atomic mass is 28.4. The van der Waals surface area contributed by atoms with Gasteiger partial charge in [-0.25, -0.2) is 0 Å². The fourth-order valence-electron chi connectivity index (χ4n) is 6.27. The Morgan fingerprint density at radius 2 is 1.42 bits per heavy atom. The largest absolute Gasteiger partial charge is 0.488 e. The maximum Gasteiger partial charge on any atom is 0.193 e. The molecule has 7 nitrogen and oxygen atoms in total. The maximum absolute atomic E-state index is 7.53. The van der Waals surface area contributed by atoms with Crippen molar-refractivity contribution in [2.75, 3.05) is 0 Å². The van der Waals surface area contributed by atoms with E-state index >= 15 is 0 Å². The van der Waals surface area contributed by atoms with Crippen molar-refractivity contribution in [3.8, 4) is 5.75 Å². The first-order chi connectivity index (χ1) is 20.6. The van der Waals surface area contributed by atoms with E-state index in [4.69, 9.17) is 28.9 Å². The summed E-state index contributed by atoms with van der Waals surface area (Å²) in [5.41, 5.74) is 4.70. The van der Waals surface area contributed by atoms with Crippen LogP contribution in [0.1, 0.15) is 79.0 Å². The first-order valence-corrected chi connectivity index (χ1v) is 22.0. The number of nitrogens with zero attached hydrogens (tertiary/aromatic N) is 1. The smallest absolute Gasteiger partial charge is 0.193 e. The Balaban J connectivity index is 1.78. The van der Waals surface area contributed by atoms with Crippen molar-refractivity contribution in [2.45, 2.75) is 135 Å². The minimum absolute atomic E-state index is 0.0363. The molecule has 246 valence electrons. The van der Waals surface area contributed by atoms with Gasteiger partial charge in [0, 0.05) is 22.3 Å². The third kappa shape index (κ3) is 5.89. The van der Waals surface area contributed by atoms with Crippen molar-refractivity contribution >= 4 is 27.9 Å². The predicted octanol–water partition coefficient (Wildman–Crippen LogP) is 8.40. The number of benzene rings is 2. The lowest BCUT2D eigenvalue weighted by atomic mass is 9.75. The molecule has 0 spiro atoms. The van der Waals surface area contributed by atoms with Crippen LogP contribution in [0.5, 0.6) is 5.75 Å². The van der Waals surface area contributed by atoms with Crippen LogP contribution < -0.4 is 10.6 Å². The number of hydrazone groups is 1. The van der Waals surface area contributed by atoms with E-state index in [0.717, 1.165) is 33.6 Å². The second-order valence-corrected chi connectivity index (χ2v) is 26.1. The second kappa shape index (κ2) is 11.2. The van der Waals surface area contributed by atoms with Gasteiger partial charge in [0.2, 0.25) is 0 Å². The molecule has 0 saturated carbocycles. The molecule has 3 aliphatic rings. The van der Waals surface area contributed by atoms with Gasteiger partial charge < -0.3 is 28.9 Å². The molecule has 0 bridgehead atoms. The Labute approximate surface area is 272 Å². The normalized spacial score (nSPS) is 27.4. The highest BCUT2D eigenvalue weighted by Crippen LogP contribution is 2.58. The molecule has 0 unspecified atom stereocenters. The number of fused-ring (bicyclic) bond motifs is 4. The van der Waals surface area contributed by atoms with Gasteiger partial charge in [-0.1, -0.05) is 84.0 Å². The van der Waals surface area contributed by atoms with Crippen LogP contribution in [0.25, 0.3) is 5.57 Å². The molecule has 0 radical (unpaired) electrons. The van der Waals surface area contributed by atoms with Crippen molar-refractivity contribution in [3.63, 3.8) is 0 Å². The van der Waals surface area contributed by atoms with Crippen molar-refractivity contribution in [3.05, 3.63) is 70.8 Å². The average molecular weight is 651 g/mol. The molecule has 45 heavy (non-hydrogen) atoms. The van der Waals surface area contributed by atoms with Crippen molar-refractivity contribution in [2.24, 2.45) is 10.9 Å². The van der Waals surface area contributed by atoms with E-state index < -0.39 is 46.3 Å². The zero-order valence-electron chi connectivity index (χ0n) is 29.6. The quantitative estimate of drug-likeness (QED) is 0.184. The third-order valence-corrected chi connectivity index (χ3v) is 19.6.